The van der Waals surface area contributed by atoms with E-state index in [9.17, 15) is 30.0 Å². The molecule has 1 N–H and O–H groups in total. The van der Waals surface area contributed by atoms with Gasteiger partial charge in [-0.05, 0) is 66.9 Å². The zero-order valence-corrected chi connectivity index (χ0v) is 18.1. The molecule has 4 rings (SSSR count). The number of halogens is 3. The third-order valence-corrected chi connectivity index (χ3v) is 8.24. The van der Waals surface area contributed by atoms with E-state index in [1.54, 1.807) is 6.07 Å². The quantitative estimate of drug-likeness (QED) is 0.595. The molecule has 1 aliphatic rings. The van der Waals surface area contributed by atoms with E-state index in [4.69, 9.17) is 0 Å². The Bertz CT molecular complexity index is 1390. The van der Waals surface area contributed by atoms with Gasteiger partial charge in [0.1, 0.15) is 22.3 Å². The Morgan fingerprint density at radius 3 is 2.19 bits per heavy atom. The van der Waals surface area contributed by atoms with Crippen molar-refractivity contribution in [2.24, 2.45) is 0 Å². The Balaban J connectivity index is 1.71. The average molecular weight is 483 g/mol. The van der Waals surface area contributed by atoms with Crippen LogP contribution in [-0.2, 0) is 26.5 Å². The smallest absolute Gasteiger partial charge is 0.264 e. The number of aryl methyl sites for hydroxylation is 1. The van der Waals surface area contributed by atoms with Crippen molar-refractivity contribution in [2.75, 3.05) is 15.6 Å². The van der Waals surface area contributed by atoms with Gasteiger partial charge in [0.2, 0.25) is 0 Å². The highest BCUT2D eigenvalue weighted by Gasteiger charge is 2.30. The van der Waals surface area contributed by atoms with Crippen molar-refractivity contribution in [2.45, 2.75) is 22.6 Å². The number of rotatable bonds is 5. The normalized spacial score (nSPS) is 14.2. The van der Waals surface area contributed by atoms with Gasteiger partial charge in [0.25, 0.3) is 20.0 Å². The summed E-state index contributed by atoms with van der Waals surface area (Å²) in [4.78, 5) is -0.849. The number of nitrogens with zero attached hydrogens (tertiary/aromatic N) is 1. The van der Waals surface area contributed by atoms with Crippen molar-refractivity contribution < 1.29 is 30.0 Å². The lowest BCUT2D eigenvalue weighted by Crippen LogP contribution is -2.35. The van der Waals surface area contributed by atoms with Gasteiger partial charge < -0.3 is 0 Å². The maximum Gasteiger partial charge on any atom is 0.264 e. The molecule has 0 saturated carbocycles. The van der Waals surface area contributed by atoms with Crippen molar-refractivity contribution in [1.82, 2.24) is 0 Å². The summed E-state index contributed by atoms with van der Waals surface area (Å²) in [5.74, 6) is -2.75. The minimum absolute atomic E-state index is 0.00804. The molecule has 32 heavy (non-hydrogen) atoms. The predicted octanol–water partition coefficient (Wildman–Crippen LogP) is 4.05. The van der Waals surface area contributed by atoms with Crippen LogP contribution in [0.3, 0.4) is 0 Å². The van der Waals surface area contributed by atoms with Gasteiger partial charge in [0.15, 0.2) is 0 Å². The summed E-state index contributed by atoms with van der Waals surface area (Å²) in [7, 11) is -8.43. The number of hydrogen-bond donors (Lipinski definition) is 1. The van der Waals surface area contributed by atoms with E-state index in [1.165, 1.54) is 12.1 Å². The molecule has 0 spiro atoms. The second-order valence-corrected chi connectivity index (χ2v) is 10.7. The number of sulfonamides is 2. The summed E-state index contributed by atoms with van der Waals surface area (Å²) in [5, 5.41) is 0. The van der Waals surface area contributed by atoms with Crippen molar-refractivity contribution in [3.8, 4) is 0 Å². The summed E-state index contributed by atoms with van der Waals surface area (Å²) in [6.07, 6.45) is 1.11. The van der Waals surface area contributed by atoms with Gasteiger partial charge in [-0.1, -0.05) is 6.07 Å². The van der Waals surface area contributed by atoms with E-state index in [0.717, 1.165) is 40.7 Å². The summed E-state index contributed by atoms with van der Waals surface area (Å²) < 4.78 is 95.1. The fourth-order valence-electron chi connectivity index (χ4n) is 3.49. The zero-order valence-electron chi connectivity index (χ0n) is 16.4. The maximum absolute atomic E-state index is 14.0. The highest BCUT2D eigenvalue weighted by Crippen LogP contribution is 2.35. The van der Waals surface area contributed by atoms with Crippen LogP contribution in [0.15, 0.2) is 70.5 Å². The molecule has 0 aromatic heterocycles. The molecule has 0 fully saturated rings. The van der Waals surface area contributed by atoms with Crippen LogP contribution < -0.4 is 9.03 Å². The molecule has 3 aromatic rings. The molecular formula is C21H17F3N2O4S2. The largest absolute Gasteiger partial charge is 0.279 e. The van der Waals surface area contributed by atoms with Crippen LogP contribution in [0, 0.1) is 17.5 Å². The number of nitrogens with one attached hydrogen (secondary N) is 1. The highest BCUT2D eigenvalue weighted by molar-refractivity contribution is 7.93. The Morgan fingerprint density at radius 2 is 1.50 bits per heavy atom. The van der Waals surface area contributed by atoms with Crippen molar-refractivity contribution in [3.63, 3.8) is 0 Å². The first-order chi connectivity index (χ1) is 15.1. The first-order valence-corrected chi connectivity index (χ1v) is 12.4. The second kappa shape index (κ2) is 8.14. The third kappa shape index (κ3) is 4.17. The number of anilines is 2. The van der Waals surface area contributed by atoms with Gasteiger partial charge in [0.05, 0.1) is 16.3 Å². The lowest BCUT2D eigenvalue weighted by Gasteiger charge is -2.31. The molecule has 168 valence electrons. The number of fused-ring (bicyclic) bond motifs is 1. The van der Waals surface area contributed by atoms with Gasteiger partial charge >= 0.3 is 0 Å². The molecule has 0 amide bonds. The molecule has 0 atom stereocenters. The van der Waals surface area contributed by atoms with Gasteiger partial charge in [-0.2, -0.15) is 0 Å². The number of hydrogen-bond acceptors (Lipinski definition) is 4. The van der Waals surface area contributed by atoms with E-state index in [1.807, 2.05) is 0 Å². The Labute approximate surface area is 183 Å². The van der Waals surface area contributed by atoms with Crippen LogP contribution in [0.25, 0.3) is 0 Å². The fraction of sp³-hybridized carbons (Fsp3) is 0.143. The van der Waals surface area contributed by atoms with E-state index < -0.39 is 42.4 Å². The first kappa shape index (κ1) is 22.2. The van der Waals surface area contributed by atoms with Crippen molar-refractivity contribution in [1.29, 1.82) is 0 Å². The number of benzene rings is 3. The minimum atomic E-state index is -4.40. The standard InChI is InChI=1S/C21H17F3N2O4S2/c22-15-4-8-18(9-5-15)32(29,30)26-11-1-2-14-3-7-17(13-20(14)26)25-31(27,28)21-10-6-16(23)12-19(21)24/h3-10,12-13,25H,1-2,11H2. The topological polar surface area (TPSA) is 83.6 Å². The average Bonchev–Trinajstić information content (AvgIpc) is 2.73. The van der Waals surface area contributed by atoms with Gasteiger partial charge in [-0.15, -0.1) is 0 Å². The van der Waals surface area contributed by atoms with Crippen LogP contribution in [0.4, 0.5) is 24.5 Å². The van der Waals surface area contributed by atoms with Gasteiger partial charge in [-0.25, -0.2) is 30.0 Å². The molecule has 0 bridgehead atoms. The van der Waals surface area contributed by atoms with E-state index in [2.05, 4.69) is 4.72 Å². The van der Waals surface area contributed by atoms with Crippen LogP contribution in [0.5, 0.6) is 0 Å². The highest BCUT2D eigenvalue weighted by atomic mass is 32.2. The molecule has 0 radical (unpaired) electrons. The fourth-order valence-corrected chi connectivity index (χ4v) is 6.13. The van der Waals surface area contributed by atoms with Crippen molar-refractivity contribution in [3.05, 3.63) is 83.7 Å². The lowest BCUT2D eigenvalue weighted by atomic mass is 10.0. The van der Waals surface area contributed by atoms with E-state index in [0.29, 0.717) is 24.5 Å². The first-order valence-electron chi connectivity index (χ1n) is 9.47. The summed E-state index contributed by atoms with van der Waals surface area (Å²) in [5.41, 5.74) is 0.951. The van der Waals surface area contributed by atoms with E-state index in [-0.39, 0.29) is 22.8 Å². The zero-order chi connectivity index (χ0) is 23.1. The maximum atomic E-state index is 14.0. The van der Waals surface area contributed by atoms with Crippen LogP contribution in [0.2, 0.25) is 0 Å². The molecule has 11 heteroatoms. The van der Waals surface area contributed by atoms with Gasteiger partial charge in [-0.3, -0.25) is 9.03 Å². The molecule has 0 unspecified atom stereocenters. The monoisotopic (exact) mass is 482 g/mol. The molecule has 1 heterocycles. The minimum Gasteiger partial charge on any atom is -0.279 e. The summed E-state index contributed by atoms with van der Waals surface area (Å²) in [6.45, 7) is 0.148. The van der Waals surface area contributed by atoms with Crippen LogP contribution in [-0.4, -0.2) is 23.4 Å². The lowest BCUT2D eigenvalue weighted by molar-refractivity contribution is 0.551. The SMILES string of the molecule is O=S(=O)(Nc1ccc2c(c1)N(S(=O)(=O)c1ccc(F)cc1)CCC2)c1ccc(F)cc1F. The molecule has 0 aliphatic carbocycles. The van der Waals surface area contributed by atoms with Crippen molar-refractivity contribution >= 4 is 31.4 Å². The summed E-state index contributed by atoms with van der Waals surface area (Å²) >= 11 is 0. The molecule has 0 saturated heterocycles. The molecule has 3 aromatic carbocycles. The van der Waals surface area contributed by atoms with Crippen LogP contribution in [0.1, 0.15) is 12.0 Å². The second-order valence-electron chi connectivity index (χ2n) is 7.16. The Kier molecular flexibility index (Phi) is 5.63. The van der Waals surface area contributed by atoms with Crippen LogP contribution >= 0.6 is 0 Å². The Morgan fingerprint density at radius 1 is 0.812 bits per heavy atom. The third-order valence-electron chi connectivity index (χ3n) is 5.00. The predicted molar refractivity (Wildman–Crippen MR) is 113 cm³/mol. The van der Waals surface area contributed by atoms with Gasteiger partial charge in [0, 0.05) is 12.6 Å². The van der Waals surface area contributed by atoms with E-state index >= 15 is 0 Å². The Hall–Kier alpha value is -3.05. The molecule has 1 aliphatic heterocycles. The summed E-state index contributed by atoms with van der Waals surface area (Å²) in [6, 6.07) is 10.8. The molecular weight excluding hydrogens is 465 g/mol. The molecule has 6 nitrogen and oxygen atoms in total.